The van der Waals surface area contributed by atoms with Gasteiger partial charge in [0.2, 0.25) is 0 Å². The maximum Gasteiger partial charge on any atom is 0.183 e. The summed E-state index contributed by atoms with van der Waals surface area (Å²) in [5.41, 5.74) is 5.36. The van der Waals surface area contributed by atoms with Crippen molar-refractivity contribution < 1.29 is 9.53 Å². The lowest BCUT2D eigenvalue weighted by atomic mass is 9.92. The van der Waals surface area contributed by atoms with Crippen molar-refractivity contribution in [2.24, 2.45) is 11.7 Å². The topological polar surface area (TPSA) is 55.6 Å². The SMILES string of the molecule is C[C@@]1(C(=O)[C@@H](N)CC2CCCC2)CO1. The van der Waals surface area contributed by atoms with E-state index in [1.807, 2.05) is 6.92 Å². The molecular formula is C11H19NO2. The van der Waals surface area contributed by atoms with Crippen LogP contribution in [0.25, 0.3) is 0 Å². The molecule has 0 spiro atoms. The second kappa shape index (κ2) is 3.63. The molecule has 0 radical (unpaired) electrons. The molecule has 0 unspecified atom stereocenters. The Kier molecular flexibility index (Phi) is 2.62. The van der Waals surface area contributed by atoms with E-state index in [0.717, 1.165) is 6.42 Å². The lowest BCUT2D eigenvalue weighted by molar-refractivity contribution is -0.125. The van der Waals surface area contributed by atoms with Gasteiger partial charge in [0.25, 0.3) is 0 Å². The fourth-order valence-electron chi connectivity index (χ4n) is 2.35. The van der Waals surface area contributed by atoms with Crippen LogP contribution in [0.3, 0.4) is 0 Å². The molecule has 1 aliphatic heterocycles. The second-order valence-electron chi connectivity index (χ2n) is 4.88. The molecule has 2 aliphatic rings. The number of ketones is 1. The number of carbonyl (C=O) groups is 1. The minimum absolute atomic E-state index is 0.101. The highest BCUT2D eigenvalue weighted by molar-refractivity contribution is 5.93. The van der Waals surface area contributed by atoms with Crippen molar-refractivity contribution in [3.8, 4) is 0 Å². The Hall–Kier alpha value is -0.410. The largest absolute Gasteiger partial charge is 0.362 e. The van der Waals surface area contributed by atoms with Gasteiger partial charge in [-0.05, 0) is 19.3 Å². The third kappa shape index (κ3) is 1.98. The molecule has 1 heterocycles. The van der Waals surface area contributed by atoms with Crippen molar-refractivity contribution in [2.75, 3.05) is 6.61 Å². The predicted molar refractivity (Wildman–Crippen MR) is 53.9 cm³/mol. The van der Waals surface area contributed by atoms with E-state index in [9.17, 15) is 4.79 Å². The Morgan fingerprint density at radius 2 is 2.14 bits per heavy atom. The molecule has 1 saturated heterocycles. The van der Waals surface area contributed by atoms with Crippen LogP contribution < -0.4 is 5.73 Å². The number of hydrogen-bond acceptors (Lipinski definition) is 3. The molecule has 0 aromatic rings. The minimum Gasteiger partial charge on any atom is -0.362 e. The van der Waals surface area contributed by atoms with Crippen LogP contribution in [0.4, 0.5) is 0 Å². The molecule has 0 bridgehead atoms. The van der Waals surface area contributed by atoms with Crippen molar-refractivity contribution in [2.45, 2.75) is 50.7 Å². The molecule has 0 amide bonds. The van der Waals surface area contributed by atoms with Crippen molar-refractivity contribution in [3.63, 3.8) is 0 Å². The molecule has 1 aliphatic carbocycles. The summed E-state index contributed by atoms with van der Waals surface area (Å²) < 4.78 is 5.11. The fraction of sp³-hybridized carbons (Fsp3) is 0.909. The Bertz CT molecular complexity index is 229. The molecule has 2 atom stereocenters. The van der Waals surface area contributed by atoms with E-state index in [2.05, 4.69) is 0 Å². The average Bonchev–Trinajstić information content (AvgIpc) is 2.71. The van der Waals surface area contributed by atoms with Gasteiger partial charge in [-0.1, -0.05) is 25.7 Å². The van der Waals surface area contributed by atoms with Crippen LogP contribution in [-0.4, -0.2) is 24.0 Å². The third-order valence-electron chi connectivity index (χ3n) is 3.50. The van der Waals surface area contributed by atoms with E-state index in [0.29, 0.717) is 12.5 Å². The molecule has 3 nitrogen and oxygen atoms in total. The van der Waals surface area contributed by atoms with Gasteiger partial charge in [0.1, 0.15) is 5.60 Å². The maximum absolute atomic E-state index is 11.8. The molecular weight excluding hydrogens is 178 g/mol. The van der Waals surface area contributed by atoms with Crippen molar-refractivity contribution >= 4 is 5.78 Å². The zero-order valence-corrected chi connectivity index (χ0v) is 8.79. The Morgan fingerprint density at radius 3 is 2.64 bits per heavy atom. The lowest BCUT2D eigenvalue weighted by Gasteiger charge is -2.16. The Balaban J connectivity index is 1.82. The van der Waals surface area contributed by atoms with Crippen molar-refractivity contribution in [1.29, 1.82) is 0 Å². The molecule has 2 N–H and O–H groups in total. The van der Waals surface area contributed by atoms with Crippen LogP contribution in [0, 0.1) is 5.92 Å². The highest BCUT2D eigenvalue weighted by Crippen LogP contribution is 2.32. The summed E-state index contributed by atoms with van der Waals surface area (Å²) in [4.78, 5) is 11.8. The van der Waals surface area contributed by atoms with Gasteiger partial charge in [0.05, 0.1) is 12.6 Å². The van der Waals surface area contributed by atoms with Crippen molar-refractivity contribution in [3.05, 3.63) is 0 Å². The second-order valence-corrected chi connectivity index (χ2v) is 4.88. The third-order valence-corrected chi connectivity index (χ3v) is 3.50. The van der Waals surface area contributed by atoms with E-state index in [1.165, 1.54) is 25.7 Å². The molecule has 0 aromatic heterocycles. The Labute approximate surface area is 85.0 Å². The Morgan fingerprint density at radius 1 is 1.57 bits per heavy atom. The summed E-state index contributed by atoms with van der Waals surface area (Å²) in [6.07, 6.45) is 5.97. The highest BCUT2D eigenvalue weighted by atomic mass is 16.6. The molecule has 0 aromatic carbocycles. The van der Waals surface area contributed by atoms with E-state index >= 15 is 0 Å². The normalized spacial score (nSPS) is 34.4. The molecule has 80 valence electrons. The number of nitrogens with two attached hydrogens (primary N) is 1. The van der Waals surface area contributed by atoms with Gasteiger partial charge in [0.15, 0.2) is 5.78 Å². The first-order chi connectivity index (χ1) is 6.62. The van der Waals surface area contributed by atoms with E-state index in [4.69, 9.17) is 10.5 Å². The van der Waals surface area contributed by atoms with Gasteiger partial charge < -0.3 is 10.5 Å². The first kappa shape index (κ1) is 10.1. The van der Waals surface area contributed by atoms with E-state index < -0.39 is 5.60 Å². The number of epoxide rings is 1. The zero-order valence-electron chi connectivity index (χ0n) is 8.79. The molecule has 3 heteroatoms. The van der Waals surface area contributed by atoms with Gasteiger partial charge in [-0.3, -0.25) is 4.79 Å². The van der Waals surface area contributed by atoms with Gasteiger partial charge in [-0.2, -0.15) is 0 Å². The van der Waals surface area contributed by atoms with Crippen LogP contribution in [0.2, 0.25) is 0 Å². The van der Waals surface area contributed by atoms with E-state index in [-0.39, 0.29) is 11.8 Å². The van der Waals surface area contributed by atoms with Gasteiger partial charge in [0, 0.05) is 0 Å². The molecule has 14 heavy (non-hydrogen) atoms. The minimum atomic E-state index is -0.530. The number of hydrogen-bond donors (Lipinski definition) is 1. The first-order valence-electron chi connectivity index (χ1n) is 5.56. The summed E-state index contributed by atoms with van der Waals surface area (Å²) in [6.45, 7) is 2.40. The van der Waals surface area contributed by atoms with Crippen LogP contribution in [0.5, 0.6) is 0 Å². The summed E-state index contributed by atoms with van der Waals surface area (Å²) in [5.74, 6) is 0.778. The first-order valence-corrected chi connectivity index (χ1v) is 5.56. The fourth-order valence-corrected chi connectivity index (χ4v) is 2.35. The monoisotopic (exact) mass is 197 g/mol. The zero-order chi connectivity index (χ0) is 10.2. The molecule has 1 saturated carbocycles. The molecule has 2 fully saturated rings. The number of Topliss-reactive ketones (excluding diaryl/α,β-unsaturated/α-hetero) is 1. The van der Waals surface area contributed by atoms with Crippen molar-refractivity contribution in [1.82, 2.24) is 0 Å². The average molecular weight is 197 g/mol. The quantitative estimate of drug-likeness (QED) is 0.690. The highest BCUT2D eigenvalue weighted by Gasteiger charge is 2.49. The number of carbonyl (C=O) groups excluding carboxylic acids is 1. The predicted octanol–water partition coefficient (Wildman–Crippen LogP) is 1.25. The van der Waals surface area contributed by atoms with Crippen LogP contribution in [-0.2, 0) is 9.53 Å². The molecule has 2 rings (SSSR count). The summed E-state index contributed by atoms with van der Waals surface area (Å²) in [7, 11) is 0. The number of rotatable bonds is 4. The number of ether oxygens (including phenoxy) is 1. The summed E-state index contributed by atoms with van der Waals surface area (Å²) in [5, 5.41) is 0. The maximum atomic E-state index is 11.8. The van der Waals surface area contributed by atoms with E-state index in [1.54, 1.807) is 0 Å². The van der Waals surface area contributed by atoms with Crippen LogP contribution >= 0.6 is 0 Å². The summed E-state index contributed by atoms with van der Waals surface area (Å²) >= 11 is 0. The van der Waals surface area contributed by atoms with Gasteiger partial charge >= 0.3 is 0 Å². The smallest absolute Gasteiger partial charge is 0.183 e. The summed E-state index contributed by atoms with van der Waals surface area (Å²) in [6, 6.07) is -0.300. The van der Waals surface area contributed by atoms with Gasteiger partial charge in [-0.25, -0.2) is 0 Å². The standard InChI is InChI=1S/C11H19NO2/c1-11(7-14-11)10(13)9(12)6-8-4-2-3-5-8/h8-9H,2-7,12H2,1H3/t9-,11-/m0/s1. The van der Waals surface area contributed by atoms with Crippen LogP contribution in [0.1, 0.15) is 39.0 Å². The van der Waals surface area contributed by atoms with Crippen LogP contribution in [0.15, 0.2) is 0 Å². The lowest BCUT2D eigenvalue weighted by Crippen LogP contribution is -2.40. The van der Waals surface area contributed by atoms with Gasteiger partial charge in [-0.15, -0.1) is 0 Å².